The molecule has 1 aliphatic rings. The predicted octanol–water partition coefficient (Wildman–Crippen LogP) is 2.39. The van der Waals surface area contributed by atoms with Crippen molar-refractivity contribution < 1.29 is 23.9 Å². The fourth-order valence-corrected chi connectivity index (χ4v) is 3.14. The molecule has 1 aliphatic heterocycles. The Bertz CT molecular complexity index is 895. The summed E-state index contributed by atoms with van der Waals surface area (Å²) in [5.41, 5.74) is 1.86. The summed E-state index contributed by atoms with van der Waals surface area (Å²) in [5.74, 6) is -1.73. The summed E-state index contributed by atoms with van der Waals surface area (Å²) in [6.45, 7) is 3.48. The number of carbonyl (C=O) groups excluding carboxylic acids is 3. The molecule has 0 saturated heterocycles. The van der Waals surface area contributed by atoms with Crippen LogP contribution in [0.25, 0.3) is 0 Å². The molecule has 0 spiro atoms. The van der Waals surface area contributed by atoms with E-state index in [1.54, 1.807) is 4.90 Å². The SMILES string of the molecule is COC(=O)c1cccc(C(=O)O[C@@H](C)C(=O)N2c3ccccc3C[C@H]2C)n1. The molecule has 0 saturated carbocycles. The third-order valence-electron chi connectivity index (χ3n) is 4.43. The molecule has 2 atom stereocenters. The van der Waals surface area contributed by atoms with Crippen LogP contribution >= 0.6 is 0 Å². The van der Waals surface area contributed by atoms with Crippen molar-refractivity contribution in [3.63, 3.8) is 0 Å². The lowest BCUT2D eigenvalue weighted by Gasteiger charge is -2.25. The van der Waals surface area contributed by atoms with E-state index in [1.807, 2.05) is 31.2 Å². The van der Waals surface area contributed by atoms with Gasteiger partial charge in [-0.25, -0.2) is 14.6 Å². The molecular weight excluding hydrogens is 348 g/mol. The Morgan fingerprint density at radius 3 is 2.44 bits per heavy atom. The number of hydrogen-bond acceptors (Lipinski definition) is 6. The lowest BCUT2D eigenvalue weighted by molar-refractivity contribution is -0.126. The van der Waals surface area contributed by atoms with Gasteiger partial charge in [-0.05, 0) is 44.0 Å². The maximum Gasteiger partial charge on any atom is 0.357 e. The third kappa shape index (κ3) is 3.67. The van der Waals surface area contributed by atoms with Gasteiger partial charge in [0, 0.05) is 11.7 Å². The number of hydrogen-bond donors (Lipinski definition) is 0. The predicted molar refractivity (Wildman–Crippen MR) is 97.5 cm³/mol. The van der Waals surface area contributed by atoms with Crippen LogP contribution in [0.5, 0.6) is 0 Å². The highest BCUT2D eigenvalue weighted by molar-refractivity contribution is 6.00. The standard InChI is InChI=1S/C20H20N2O5/c1-12-11-14-7-4-5-10-17(14)22(12)18(23)13(2)27-20(25)16-9-6-8-15(21-16)19(24)26-3/h4-10,12-13H,11H2,1-3H3/t12-,13+/m1/s1. The first kappa shape index (κ1) is 18.6. The number of pyridine rings is 1. The van der Waals surface area contributed by atoms with Crippen LogP contribution in [0.4, 0.5) is 5.69 Å². The number of anilines is 1. The van der Waals surface area contributed by atoms with Gasteiger partial charge in [-0.3, -0.25) is 4.79 Å². The quantitative estimate of drug-likeness (QED) is 0.771. The van der Waals surface area contributed by atoms with Crippen LogP contribution in [0.1, 0.15) is 40.4 Å². The van der Waals surface area contributed by atoms with E-state index in [0.717, 1.165) is 17.7 Å². The molecule has 27 heavy (non-hydrogen) atoms. The molecule has 2 heterocycles. The Kier molecular flexibility index (Phi) is 5.21. The fraction of sp³-hybridized carbons (Fsp3) is 0.300. The average molecular weight is 368 g/mol. The monoisotopic (exact) mass is 368 g/mol. The van der Waals surface area contributed by atoms with E-state index in [0.29, 0.717) is 0 Å². The van der Waals surface area contributed by atoms with E-state index in [4.69, 9.17) is 4.74 Å². The smallest absolute Gasteiger partial charge is 0.357 e. The van der Waals surface area contributed by atoms with Gasteiger partial charge >= 0.3 is 11.9 Å². The van der Waals surface area contributed by atoms with Crippen molar-refractivity contribution in [1.29, 1.82) is 0 Å². The molecule has 0 bridgehead atoms. The van der Waals surface area contributed by atoms with Crippen LogP contribution in [0.15, 0.2) is 42.5 Å². The number of rotatable bonds is 4. The second-order valence-electron chi connectivity index (χ2n) is 6.34. The number of methoxy groups -OCH3 is 1. The molecule has 2 aromatic rings. The molecule has 1 amide bonds. The normalized spacial score (nSPS) is 16.4. The van der Waals surface area contributed by atoms with Gasteiger partial charge in [0.1, 0.15) is 11.4 Å². The Morgan fingerprint density at radius 1 is 1.07 bits per heavy atom. The largest absolute Gasteiger partial charge is 0.464 e. The maximum absolute atomic E-state index is 12.9. The summed E-state index contributed by atoms with van der Waals surface area (Å²) in [6.07, 6.45) is -0.236. The van der Waals surface area contributed by atoms with Gasteiger partial charge in [0.2, 0.25) is 0 Å². The van der Waals surface area contributed by atoms with Crippen LogP contribution in [0.2, 0.25) is 0 Å². The van der Waals surface area contributed by atoms with Crippen molar-refractivity contribution in [2.75, 3.05) is 12.0 Å². The lowest BCUT2D eigenvalue weighted by Crippen LogP contribution is -2.43. The molecule has 1 aromatic heterocycles. The van der Waals surface area contributed by atoms with E-state index < -0.39 is 18.0 Å². The minimum atomic E-state index is -0.991. The summed E-state index contributed by atoms with van der Waals surface area (Å²) in [5, 5.41) is 0. The number of para-hydroxylation sites is 1. The second-order valence-corrected chi connectivity index (χ2v) is 6.34. The maximum atomic E-state index is 12.9. The van der Waals surface area contributed by atoms with Gasteiger partial charge < -0.3 is 14.4 Å². The fourth-order valence-electron chi connectivity index (χ4n) is 3.14. The van der Waals surface area contributed by atoms with Crippen molar-refractivity contribution in [3.05, 3.63) is 59.4 Å². The van der Waals surface area contributed by atoms with Crippen molar-refractivity contribution in [2.24, 2.45) is 0 Å². The molecule has 0 N–H and O–H groups in total. The molecule has 1 aromatic carbocycles. The molecule has 0 unspecified atom stereocenters. The van der Waals surface area contributed by atoms with Crippen LogP contribution in [-0.4, -0.2) is 42.1 Å². The molecule has 3 rings (SSSR count). The zero-order valence-corrected chi connectivity index (χ0v) is 15.3. The number of benzene rings is 1. The zero-order chi connectivity index (χ0) is 19.6. The minimum Gasteiger partial charge on any atom is -0.464 e. The highest BCUT2D eigenvalue weighted by Gasteiger charge is 2.34. The second kappa shape index (κ2) is 7.57. The average Bonchev–Trinajstić information content (AvgIpc) is 3.02. The first-order chi connectivity index (χ1) is 12.9. The lowest BCUT2D eigenvalue weighted by atomic mass is 10.1. The van der Waals surface area contributed by atoms with Gasteiger partial charge in [-0.15, -0.1) is 0 Å². The zero-order valence-electron chi connectivity index (χ0n) is 15.3. The Labute approximate surface area is 156 Å². The number of fused-ring (bicyclic) bond motifs is 1. The highest BCUT2D eigenvalue weighted by atomic mass is 16.5. The van der Waals surface area contributed by atoms with Gasteiger partial charge in [0.25, 0.3) is 5.91 Å². The van der Waals surface area contributed by atoms with Gasteiger partial charge in [0.05, 0.1) is 7.11 Å². The Morgan fingerprint density at radius 2 is 1.74 bits per heavy atom. The molecule has 0 fully saturated rings. The molecule has 7 heteroatoms. The Hall–Kier alpha value is -3.22. The van der Waals surface area contributed by atoms with Crippen LogP contribution in [0, 0.1) is 0 Å². The topological polar surface area (TPSA) is 85.8 Å². The first-order valence-electron chi connectivity index (χ1n) is 8.59. The van der Waals surface area contributed by atoms with E-state index in [1.165, 1.54) is 32.2 Å². The van der Waals surface area contributed by atoms with E-state index >= 15 is 0 Å². The minimum absolute atomic E-state index is 0.00646. The van der Waals surface area contributed by atoms with Crippen molar-refractivity contribution in [3.8, 4) is 0 Å². The van der Waals surface area contributed by atoms with Crippen molar-refractivity contribution >= 4 is 23.5 Å². The molecule has 0 radical (unpaired) electrons. The first-order valence-corrected chi connectivity index (χ1v) is 8.59. The van der Waals surface area contributed by atoms with Crippen LogP contribution < -0.4 is 4.90 Å². The highest BCUT2D eigenvalue weighted by Crippen LogP contribution is 2.32. The number of esters is 2. The van der Waals surface area contributed by atoms with Crippen molar-refractivity contribution in [1.82, 2.24) is 4.98 Å². The van der Waals surface area contributed by atoms with Gasteiger partial charge in [-0.1, -0.05) is 24.3 Å². The van der Waals surface area contributed by atoms with Gasteiger partial charge in [-0.2, -0.15) is 0 Å². The molecule has 140 valence electrons. The molecule has 0 aliphatic carbocycles. The number of aromatic nitrogens is 1. The van der Waals surface area contributed by atoms with E-state index in [9.17, 15) is 14.4 Å². The van der Waals surface area contributed by atoms with Crippen LogP contribution in [-0.2, 0) is 20.7 Å². The van der Waals surface area contributed by atoms with E-state index in [-0.39, 0.29) is 23.3 Å². The summed E-state index contributed by atoms with van der Waals surface area (Å²) in [4.78, 5) is 42.4. The Balaban J connectivity index is 1.74. The number of carbonyl (C=O) groups is 3. The van der Waals surface area contributed by atoms with E-state index in [2.05, 4.69) is 9.72 Å². The summed E-state index contributed by atoms with van der Waals surface area (Å²) < 4.78 is 9.89. The van der Waals surface area contributed by atoms with Gasteiger partial charge in [0.15, 0.2) is 6.10 Å². The summed E-state index contributed by atoms with van der Waals surface area (Å²) in [6, 6.07) is 12.0. The molecular formula is C20H20N2O5. The number of ether oxygens (including phenoxy) is 2. The van der Waals surface area contributed by atoms with Crippen LogP contribution in [0.3, 0.4) is 0 Å². The third-order valence-corrected chi connectivity index (χ3v) is 4.43. The van der Waals surface area contributed by atoms with Crippen molar-refractivity contribution in [2.45, 2.75) is 32.4 Å². The summed E-state index contributed by atoms with van der Waals surface area (Å²) >= 11 is 0. The number of nitrogens with zero attached hydrogens (tertiary/aromatic N) is 2. The summed E-state index contributed by atoms with van der Waals surface area (Å²) in [7, 11) is 1.23. The molecule has 7 nitrogen and oxygen atoms in total. The number of amides is 1.